The van der Waals surface area contributed by atoms with Gasteiger partial charge in [-0.3, -0.25) is 14.4 Å². The van der Waals surface area contributed by atoms with Crippen LogP contribution in [0.4, 0.5) is 11.4 Å². The van der Waals surface area contributed by atoms with E-state index in [1.165, 1.54) is 4.90 Å². The molecule has 168 valence electrons. The lowest BCUT2D eigenvalue weighted by atomic mass is 10.1. The summed E-state index contributed by atoms with van der Waals surface area (Å²) in [6.45, 7) is 1.40. The van der Waals surface area contributed by atoms with Crippen LogP contribution in [0.5, 0.6) is 11.5 Å². The van der Waals surface area contributed by atoms with E-state index in [0.29, 0.717) is 28.4 Å². The summed E-state index contributed by atoms with van der Waals surface area (Å²) in [6, 6.07) is 12.0. The lowest BCUT2D eigenvalue weighted by molar-refractivity contribution is -0.133. The summed E-state index contributed by atoms with van der Waals surface area (Å²) in [7, 11) is 1.67. The summed E-state index contributed by atoms with van der Waals surface area (Å²) in [5.41, 5.74) is 1.44. The lowest BCUT2D eigenvalue weighted by Gasteiger charge is -2.26. The van der Waals surface area contributed by atoms with Gasteiger partial charge in [-0.1, -0.05) is 25.0 Å². The van der Waals surface area contributed by atoms with Gasteiger partial charge in [0.2, 0.25) is 0 Å². The molecule has 0 radical (unpaired) electrons. The first-order valence-corrected chi connectivity index (χ1v) is 10.9. The third-order valence-corrected chi connectivity index (χ3v) is 5.75. The second-order valence-electron chi connectivity index (χ2n) is 7.96. The third kappa shape index (κ3) is 4.85. The number of rotatable bonds is 5. The van der Waals surface area contributed by atoms with E-state index in [1.807, 2.05) is 4.90 Å². The monoisotopic (exact) mass is 437 g/mol. The molecule has 8 nitrogen and oxygen atoms in total. The Labute approximate surface area is 187 Å². The van der Waals surface area contributed by atoms with Gasteiger partial charge in [-0.25, -0.2) is 0 Å². The molecule has 2 aliphatic heterocycles. The predicted octanol–water partition coefficient (Wildman–Crippen LogP) is 3.08. The molecule has 0 atom stereocenters. The van der Waals surface area contributed by atoms with Gasteiger partial charge in [0, 0.05) is 25.8 Å². The van der Waals surface area contributed by atoms with Gasteiger partial charge in [-0.05, 0) is 43.2 Å². The van der Waals surface area contributed by atoms with Crippen molar-refractivity contribution in [2.75, 3.05) is 43.6 Å². The van der Waals surface area contributed by atoms with Crippen LogP contribution in [0.15, 0.2) is 42.5 Å². The number of para-hydroxylation sites is 1. The highest BCUT2D eigenvalue weighted by molar-refractivity contribution is 6.07. The van der Waals surface area contributed by atoms with Gasteiger partial charge in [-0.2, -0.15) is 0 Å². The second-order valence-corrected chi connectivity index (χ2v) is 7.96. The maximum absolute atomic E-state index is 12.9. The molecule has 1 fully saturated rings. The second kappa shape index (κ2) is 9.72. The number of fused-ring (bicyclic) bond motifs is 1. The summed E-state index contributed by atoms with van der Waals surface area (Å²) in [5.74, 6) is 0.342. The van der Waals surface area contributed by atoms with Crippen molar-refractivity contribution in [2.45, 2.75) is 25.7 Å². The van der Waals surface area contributed by atoms with Crippen molar-refractivity contribution in [3.63, 3.8) is 0 Å². The van der Waals surface area contributed by atoms with E-state index in [-0.39, 0.29) is 30.9 Å². The van der Waals surface area contributed by atoms with Gasteiger partial charge in [0.25, 0.3) is 17.7 Å². The minimum atomic E-state index is -0.367. The van der Waals surface area contributed by atoms with E-state index in [2.05, 4.69) is 5.32 Å². The molecule has 2 heterocycles. The molecule has 0 aliphatic carbocycles. The van der Waals surface area contributed by atoms with Crippen LogP contribution in [0.1, 0.15) is 36.0 Å². The maximum atomic E-state index is 12.9. The van der Waals surface area contributed by atoms with Gasteiger partial charge >= 0.3 is 0 Å². The van der Waals surface area contributed by atoms with Crippen molar-refractivity contribution in [1.29, 1.82) is 0 Å². The number of likely N-dealkylation sites (N-methyl/N-ethyl adjacent to an activating group) is 1. The average molecular weight is 437 g/mol. The minimum absolute atomic E-state index is 0.00390. The van der Waals surface area contributed by atoms with Crippen LogP contribution in [0.25, 0.3) is 0 Å². The zero-order valence-corrected chi connectivity index (χ0v) is 18.1. The maximum Gasteiger partial charge on any atom is 0.264 e. The normalized spacial score (nSPS) is 16.0. The smallest absolute Gasteiger partial charge is 0.264 e. The van der Waals surface area contributed by atoms with E-state index in [9.17, 15) is 14.4 Å². The fourth-order valence-electron chi connectivity index (χ4n) is 3.88. The Bertz CT molecular complexity index is 1010. The van der Waals surface area contributed by atoms with Crippen LogP contribution in [-0.2, 0) is 9.59 Å². The first-order chi connectivity index (χ1) is 15.5. The SMILES string of the molecule is CN1C(=O)COc2ccc(NC(=O)c3ccccc3OCC(=O)N3CCCCCC3)cc21. The van der Waals surface area contributed by atoms with Gasteiger partial charge in [-0.15, -0.1) is 0 Å². The van der Waals surface area contributed by atoms with E-state index < -0.39 is 0 Å². The molecular weight excluding hydrogens is 410 g/mol. The minimum Gasteiger partial charge on any atom is -0.483 e. The van der Waals surface area contributed by atoms with E-state index in [1.54, 1.807) is 49.5 Å². The fraction of sp³-hybridized carbons (Fsp3) is 0.375. The standard InChI is InChI=1S/C24H27N3O5/c1-26-19-14-17(10-11-21(19)32-15-22(26)28)25-24(30)18-8-4-5-9-20(18)31-16-23(29)27-12-6-2-3-7-13-27/h4-5,8-11,14H,2-3,6-7,12-13,15-16H2,1H3,(H,25,30). The molecule has 3 amide bonds. The Morgan fingerprint density at radius 3 is 2.59 bits per heavy atom. The number of ether oxygens (including phenoxy) is 2. The van der Waals surface area contributed by atoms with Gasteiger partial charge < -0.3 is 24.6 Å². The molecule has 2 aromatic rings. The number of hydrogen-bond donors (Lipinski definition) is 1. The van der Waals surface area contributed by atoms with Crippen molar-refractivity contribution in [1.82, 2.24) is 4.90 Å². The molecule has 4 rings (SSSR count). The summed E-state index contributed by atoms with van der Waals surface area (Å²) < 4.78 is 11.2. The first kappa shape index (κ1) is 21.7. The number of carbonyl (C=O) groups is 3. The van der Waals surface area contributed by atoms with Crippen molar-refractivity contribution >= 4 is 29.1 Å². The quantitative estimate of drug-likeness (QED) is 0.777. The molecule has 32 heavy (non-hydrogen) atoms. The highest BCUT2D eigenvalue weighted by atomic mass is 16.5. The average Bonchev–Trinajstić information content (AvgIpc) is 3.10. The summed E-state index contributed by atoms with van der Waals surface area (Å²) in [4.78, 5) is 40.7. The first-order valence-electron chi connectivity index (χ1n) is 10.9. The molecule has 0 aromatic heterocycles. The highest BCUT2D eigenvalue weighted by Gasteiger charge is 2.23. The largest absolute Gasteiger partial charge is 0.483 e. The van der Waals surface area contributed by atoms with E-state index in [4.69, 9.17) is 9.47 Å². The number of amides is 3. The van der Waals surface area contributed by atoms with Crippen LogP contribution in [0, 0.1) is 0 Å². The molecular formula is C24H27N3O5. The van der Waals surface area contributed by atoms with Gasteiger partial charge in [0.05, 0.1) is 11.3 Å². The summed E-state index contributed by atoms with van der Waals surface area (Å²) in [6.07, 6.45) is 4.31. The lowest BCUT2D eigenvalue weighted by Crippen LogP contribution is -2.35. The molecule has 0 bridgehead atoms. The summed E-state index contributed by atoms with van der Waals surface area (Å²) >= 11 is 0. The number of carbonyl (C=O) groups excluding carboxylic acids is 3. The van der Waals surface area contributed by atoms with Crippen molar-refractivity contribution in [3.05, 3.63) is 48.0 Å². The van der Waals surface area contributed by atoms with Crippen LogP contribution in [0.2, 0.25) is 0 Å². The van der Waals surface area contributed by atoms with Crippen molar-refractivity contribution < 1.29 is 23.9 Å². The van der Waals surface area contributed by atoms with Crippen LogP contribution < -0.4 is 19.7 Å². The molecule has 0 unspecified atom stereocenters. The Morgan fingerprint density at radius 1 is 1.06 bits per heavy atom. The Hall–Kier alpha value is -3.55. The number of benzene rings is 2. The molecule has 0 saturated carbocycles. The Morgan fingerprint density at radius 2 is 1.81 bits per heavy atom. The van der Waals surface area contributed by atoms with Gasteiger partial charge in [0.1, 0.15) is 11.5 Å². The molecule has 0 spiro atoms. The van der Waals surface area contributed by atoms with Crippen LogP contribution in [-0.4, -0.2) is 56.0 Å². The number of anilines is 2. The zero-order valence-electron chi connectivity index (χ0n) is 18.1. The highest BCUT2D eigenvalue weighted by Crippen LogP contribution is 2.34. The van der Waals surface area contributed by atoms with E-state index >= 15 is 0 Å². The summed E-state index contributed by atoms with van der Waals surface area (Å²) in [5, 5.41) is 2.84. The number of likely N-dealkylation sites (tertiary alicyclic amines) is 1. The predicted molar refractivity (Wildman–Crippen MR) is 120 cm³/mol. The van der Waals surface area contributed by atoms with E-state index in [0.717, 1.165) is 38.8 Å². The number of nitrogens with zero attached hydrogens (tertiary/aromatic N) is 2. The number of hydrogen-bond acceptors (Lipinski definition) is 5. The molecule has 2 aliphatic rings. The topological polar surface area (TPSA) is 88.2 Å². The molecule has 8 heteroatoms. The van der Waals surface area contributed by atoms with Crippen LogP contribution in [0.3, 0.4) is 0 Å². The van der Waals surface area contributed by atoms with Crippen LogP contribution >= 0.6 is 0 Å². The molecule has 1 N–H and O–H groups in total. The Kier molecular flexibility index (Phi) is 6.58. The number of nitrogens with one attached hydrogen (secondary N) is 1. The third-order valence-electron chi connectivity index (χ3n) is 5.75. The van der Waals surface area contributed by atoms with Crippen molar-refractivity contribution in [2.24, 2.45) is 0 Å². The zero-order chi connectivity index (χ0) is 22.5. The molecule has 2 aromatic carbocycles. The van der Waals surface area contributed by atoms with Gasteiger partial charge in [0.15, 0.2) is 13.2 Å². The fourth-order valence-corrected chi connectivity index (χ4v) is 3.88. The van der Waals surface area contributed by atoms with Crippen molar-refractivity contribution in [3.8, 4) is 11.5 Å². The molecule has 1 saturated heterocycles. The Balaban J connectivity index is 1.44.